The number of likely N-dealkylation sites (tertiary alicyclic amines) is 2. The molecule has 6 heteroatoms. The Morgan fingerprint density at radius 2 is 1.70 bits per heavy atom. The van der Waals surface area contributed by atoms with Crippen molar-refractivity contribution in [2.75, 3.05) is 45.9 Å². The number of alkyl halides is 3. The van der Waals surface area contributed by atoms with Crippen molar-refractivity contribution in [2.24, 2.45) is 5.92 Å². The molecule has 2 rings (SSSR count). The van der Waals surface area contributed by atoms with Crippen molar-refractivity contribution in [3.8, 4) is 0 Å². The molecule has 2 fully saturated rings. The van der Waals surface area contributed by atoms with Crippen molar-refractivity contribution in [3.63, 3.8) is 0 Å². The summed E-state index contributed by atoms with van der Waals surface area (Å²) in [6.45, 7) is 7.77. The van der Waals surface area contributed by atoms with Gasteiger partial charge in [0.25, 0.3) is 0 Å². The lowest BCUT2D eigenvalue weighted by molar-refractivity contribution is -0.185. The monoisotopic (exact) mass is 294 g/mol. The molecule has 0 amide bonds. The highest BCUT2D eigenvalue weighted by Gasteiger charge is 2.40. The van der Waals surface area contributed by atoms with Crippen LogP contribution in [0.2, 0.25) is 0 Å². The van der Waals surface area contributed by atoms with Crippen LogP contribution < -0.4 is 0 Å². The Balaban J connectivity index is 1.58. The lowest BCUT2D eigenvalue weighted by atomic mass is 9.96. The van der Waals surface area contributed by atoms with Crippen LogP contribution in [0, 0.1) is 5.92 Å². The third-order valence-corrected chi connectivity index (χ3v) is 4.49. The molecule has 3 nitrogen and oxygen atoms in total. The van der Waals surface area contributed by atoms with Crippen molar-refractivity contribution < 1.29 is 17.9 Å². The number of hydrogen-bond acceptors (Lipinski definition) is 3. The van der Waals surface area contributed by atoms with Gasteiger partial charge in [0.05, 0.1) is 18.6 Å². The highest BCUT2D eigenvalue weighted by Crippen LogP contribution is 2.33. The molecule has 0 aromatic heterocycles. The summed E-state index contributed by atoms with van der Waals surface area (Å²) < 4.78 is 43.5. The summed E-state index contributed by atoms with van der Waals surface area (Å²) in [5, 5.41) is 0. The number of halogens is 3. The molecule has 0 radical (unpaired) electrons. The Labute approximate surface area is 119 Å². The number of hydrogen-bond donors (Lipinski definition) is 0. The number of rotatable bonds is 5. The molecule has 2 aliphatic rings. The van der Waals surface area contributed by atoms with Gasteiger partial charge in [-0.25, -0.2) is 0 Å². The van der Waals surface area contributed by atoms with E-state index in [1.54, 1.807) is 0 Å². The second kappa shape index (κ2) is 7.09. The van der Waals surface area contributed by atoms with Crippen molar-refractivity contribution in [1.29, 1.82) is 0 Å². The molecule has 2 heterocycles. The molecule has 20 heavy (non-hydrogen) atoms. The minimum atomic E-state index is -4.02. The molecule has 2 aliphatic heterocycles. The third kappa shape index (κ3) is 4.60. The molecule has 2 saturated heterocycles. The zero-order chi connectivity index (χ0) is 14.6. The van der Waals surface area contributed by atoms with Gasteiger partial charge in [0.1, 0.15) is 0 Å². The highest BCUT2D eigenvalue weighted by molar-refractivity contribution is 4.78. The van der Waals surface area contributed by atoms with Crippen LogP contribution in [0.15, 0.2) is 0 Å². The van der Waals surface area contributed by atoms with Gasteiger partial charge in [-0.15, -0.1) is 0 Å². The van der Waals surface area contributed by atoms with Gasteiger partial charge in [-0.3, -0.25) is 0 Å². The first-order valence-corrected chi connectivity index (χ1v) is 7.62. The first kappa shape index (κ1) is 16.0. The van der Waals surface area contributed by atoms with E-state index in [2.05, 4.69) is 16.7 Å². The van der Waals surface area contributed by atoms with E-state index < -0.39 is 12.1 Å². The maximum atomic E-state index is 12.5. The van der Waals surface area contributed by atoms with Crippen LogP contribution in [-0.2, 0) is 4.74 Å². The zero-order valence-electron chi connectivity index (χ0n) is 12.2. The molecular formula is C14H25F3N2O. The number of piperidine rings is 1. The molecule has 0 aromatic rings. The highest BCUT2D eigenvalue weighted by atomic mass is 19.4. The Morgan fingerprint density at radius 1 is 1.05 bits per heavy atom. The number of nitrogens with zero attached hydrogens (tertiary/aromatic N) is 2. The standard InChI is InChI=1S/C14H25F3N2O/c1-2-18-8-5-13(11-18)20-10-9-19-6-3-12(4-7-19)14(15,16)17/h12-13H,2-11H2,1H3. The number of likely N-dealkylation sites (N-methyl/N-ethyl adjacent to an activating group) is 1. The van der Waals surface area contributed by atoms with Crippen LogP contribution in [-0.4, -0.2) is 68.0 Å². The normalized spacial score (nSPS) is 27.3. The summed E-state index contributed by atoms with van der Waals surface area (Å²) in [6.07, 6.45) is -2.17. The summed E-state index contributed by atoms with van der Waals surface area (Å²) in [5.41, 5.74) is 0. The maximum absolute atomic E-state index is 12.5. The van der Waals surface area contributed by atoms with Gasteiger partial charge in [-0.05, 0) is 38.9 Å². The Bertz CT molecular complexity index is 291. The maximum Gasteiger partial charge on any atom is 0.391 e. The van der Waals surface area contributed by atoms with Crippen molar-refractivity contribution in [1.82, 2.24) is 9.80 Å². The van der Waals surface area contributed by atoms with E-state index in [-0.39, 0.29) is 12.8 Å². The fraction of sp³-hybridized carbons (Fsp3) is 1.00. The summed E-state index contributed by atoms with van der Waals surface area (Å²) >= 11 is 0. The van der Waals surface area contributed by atoms with Crippen molar-refractivity contribution in [2.45, 2.75) is 38.5 Å². The first-order chi connectivity index (χ1) is 9.49. The lowest BCUT2D eigenvalue weighted by Crippen LogP contribution is -2.40. The fourth-order valence-electron chi connectivity index (χ4n) is 3.05. The predicted octanol–water partition coefficient (Wildman–Crippen LogP) is 2.37. The van der Waals surface area contributed by atoms with E-state index in [1.165, 1.54) is 0 Å². The van der Waals surface area contributed by atoms with Crippen LogP contribution >= 0.6 is 0 Å². The molecule has 0 bridgehead atoms. The quantitative estimate of drug-likeness (QED) is 0.774. The molecule has 0 aliphatic carbocycles. The average Bonchev–Trinajstić information content (AvgIpc) is 2.86. The van der Waals surface area contributed by atoms with Crippen LogP contribution in [0.3, 0.4) is 0 Å². The summed E-state index contributed by atoms with van der Waals surface area (Å²) in [6, 6.07) is 0. The van der Waals surface area contributed by atoms with E-state index in [0.29, 0.717) is 25.8 Å². The summed E-state index contributed by atoms with van der Waals surface area (Å²) in [4.78, 5) is 4.45. The predicted molar refractivity (Wildman–Crippen MR) is 71.7 cm³/mol. The fourth-order valence-corrected chi connectivity index (χ4v) is 3.05. The third-order valence-electron chi connectivity index (χ3n) is 4.49. The van der Waals surface area contributed by atoms with Crippen molar-refractivity contribution >= 4 is 0 Å². The lowest BCUT2D eigenvalue weighted by Gasteiger charge is -2.32. The molecule has 0 aromatic carbocycles. The SMILES string of the molecule is CCN1CCC(OCCN2CCC(C(F)(F)F)CC2)C1. The van der Waals surface area contributed by atoms with Gasteiger partial charge in [0.15, 0.2) is 0 Å². The summed E-state index contributed by atoms with van der Waals surface area (Å²) in [5.74, 6) is -1.10. The molecular weight excluding hydrogens is 269 g/mol. The molecule has 0 spiro atoms. The van der Waals surface area contributed by atoms with E-state index in [1.807, 2.05) is 0 Å². The van der Waals surface area contributed by atoms with Crippen LogP contribution in [0.25, 0.3) is 0 Å². The van der Waals surface area contributed by atoms with Gasteiger partial charge >= 0.3 is 6.18 Å². The Kier molecular flexibility index (Phi) is 5.69. The average molecular weight is 294 g/mol. The van der Waals surface area contributed by atoms with Gasteiger partial charge in [-0.2, -0.15) is 13.2 Å². The Hall–Kier alpha value is -0.330. The molecule has 1 atom stereocenters. The molecule has 1 unspecified atom stereocenters. The summed E-state index contributed by atoms with van der Waals surface area (Å²) in [7, 11) is 0. The second-order valence-electron chi connectivity index (χ2n) is 5.83. The van der Waals surface area contributed by atoms with E-state index >= 15 is 0 Å². The molecule has 0 saturated carbocycles. The topological polar surface area (TPSA) is 15.7 Å². The number of ether oxygens (including phenoxy) is 1. The van der Waals surface area contributed by atoms with Crippen LogP contribution in [0.5, 0.6) is 0 Å². The van der Waals surface area contributed by atoms with E-state index in [4.69, 9.17) is 4.74 Å². The second-order valence-corrected chi connectivity index (χ2v) is 5.83. The van der Waals surface area contributed by atoms with E-state index in [0.717, 1.165) is 32.6 Å². The van der Waals surface area contributed by atoms with Crippen molar-refractivity contribution in [3.05, 3.63) is 0 Å². The van der Waals surface area contributed by atoms with Crippen LogP contribution in [0.1, 0.15) is 26.2 Å². The smallest absolute Gasteiger partial charge is 0.376 e. The minimum absolute atomic E-state index is 0.233. The Morgan fingerprint density at radius 3 is 2.25 bits per heavy atom. The molecule has 118 valence electrons. The van der Waals surface area contributed by atoms with Gasteiger partial charge in [0.2, 0.25) is 0 Å². The van der Waals surface area contributed by atoms with E-state index in [9.17, 15) is 13.2 Å². The largest absolute Gasteiger partial charge is 0.391 e. The van der Waals surface area contributed by atoms with Gasteiger partial charge in [-0.1, -0.05) is 6.92 Å². The minimum Gasteiger partial charge on any atom is -0.376 e. The van der Waals surface area contributed by atoms with Crippen LogP contribution in [0.4, 0.5) is 13.2 Å². The molecule has 0 N–H and O–H groups in total. The van der Waals surface area contributed by atoms with Gasteiger partial charge < -0.3 is 14.5 Å². The van der Waals surface area contributed by atoms with Gasteiger partial charge in [0, 0.05) is 19.6 Å². The zero-order valence-corrected chi connectivity index (χ0v) is 12.2. The first-order valence-electron chi connectivity index (χ1n) is 7.62.